The summed E-state index contributed by atoms with van der Waals surface area (Å²) in [6.07, 6.45) is 5.15. The summed E-state index contributed by atoms with van der Waals surface area (Å²) in [6.45, 7) is 2.01. The Morgan fingerprint density at radius 1 is 1.35 bits per heavy atom. The summed E-state index contributed by atoms with van der Waals surface area (Å²) < 4.78 is 5.18. The largest absolute Gasteiger partial charge is 0.497 e. The second kappa shape index (κ2) is 6.09. The molecule has 2 rings (SSSR count). The number of ether oxygens (including phenoxy) is 1. The van der Waals surface area contributed by atoms with Gasteiger partial charge in [0.1, 0.15) is 11.7 Å². The smallest absolute Gasteiger partial charge is 0.160 e. The second-order valence-electron chi connectivity index (χ2n) is 5.82. The molecule has 1 aromatic rings. The zero-order valence-corrected chi connectivity index (χ0v) is 12.2. The lowest BCUT2D eigenvalue weighted by molar-refractivity contribution is -0.129. The van der Waals surface area contributed by atoms with Gasteiger partial charge in [-0.2, -0.15) is 5.26 Å². The van der Waals surface area contributed by atoms with Crippen molar-refractivity contribution in [3.8, 4) is 11.8 Å². The number of Topliss-reactive ketones (excluding diaryl/α,β-unsaturated/α-hetero) is 1. The molecule has 1 atom stereocenters. The van der Waals surface area contributed by atoms with Crippen molar-refractivity contribution in [2.24, 2.45) is 5.41 Å². The van der Waals surface area contributed by atoms with Crippen molar-refractivity contribution >= 4 is 5.78 Å². The molecule has 1 aliphatic carbocycles. The van der Waals surface area contributed by atoms with Crippen LogP contribution in [0.4, 0.5) is 0 Å². The molecular weight excluding hydrogens is 250 g/mol. The van der Waals surface area contributed by atoms with Gasteiger partial charge >= 0.3 is 0 Å². The molecule has 20 heavy (non-hydrogen) atoms. The Labute approximate surface area is 120 Å². The average Bonchev–Trinajstić information content (AvgIpc) is 2.49. The lowest BCUT2D eigenvalue weighted by Crippen LogP contribution is -2.34. The monoisotopic (exact) mass is 271 g/mol. The molecule has 1 aromatic carbocycles. The van der Waals surface area contributed by atoms with Crippen LogP contribution < -0.4 is 4.74 Å². The van der Waals surface area contributed by atoms with Crippen LogP contribution in [-0.2, 0) is 4.79 Å². The molecule has 3 nitrogen and oxygen atoms in total. The number of benzene rings is 1. The van der Waals surface area contributed by atoms with E-state index in [1.807, 2.05) is 25.1 Å². The van der Waals surface area contributed by atoms with Crippen molar-refractivity contribution in [3.63, 3.8) is 0 Å². The summed E-state index contributed by atoms with van der Waals surface area (Å²) in [5.41, 5.74) is 0.394. The molecular formula is C17H21NO2. The van der Waals surface area contributed by atoms with Crippen LogP contribution in [0.5, 0.6) is 5.75 Å². The molecule has 0 aromatic heterocycles. The molecule has 0 spiro atoms. The number of carbonyl (C=O) groups is 1. The van der Waals surface area contributed by atoms with Gasteiger partial charge < -0.3 is 4.74 Å². The van der Waals surface area contributed by atoms with Gasteiger partial charge in [0.05, 0.1) is 13.2 Å². The van der Waals surface area contributed by atoms with Crippen LogP contribution in [0.25, 0.3) is 0 Å². The van der Waals surface area contributed by atoms with Gasteiger partial charge in [0.25, 0.3) is 0 Å². The van der Waals surface area contributed by atoms with Crippen LogP contribution >= 0.6 is 0 Å². The summed E-state index contributed by atoms with van der Waals surface area (Å²) in [7, 11) is 1.59. The summed E-state index contributed by atoms with van der Waals surface area (Å²) in [5, 5.41) is 9.45. The van der Waals surface area contributed by atoms with E-state index >= 15 is 0 Å². The number of rotatable bonds is 4. The first-order valence-corrected chi connectivity index (χ1v) is 7.18. The van der Waals surface area contributed by atoms with Crippen LogP contribution in [0.2, 0.25) is 0 Å². The molecule has 106 valence electrons. The Balaban J connectivity index is 2.27. The maximum absolute atomic E-state index is 12.8. The quantitative estimate of drug-likeness (QED) is 0.836. The summed E-state index contributed by atoms with van der Waals surface area (Å²) in [5.74, 6) is 0.0606. The van der Waals surface area contributed by atoms with Crippen molar-refractivity contribution in [2.45, 2.75) is 44.9 Å². The van der Waals surface area contributed by atoms with Gasteiger partial charge in [0, 0.05) is 5.41 Å². The number of nitriles is 1. The van der Waals surface area contributed by atoms with E-state index in [4.69, 9.17) is 4.74 Å². The first-order chi connectivity index (χ1) is 9.60. The zero-order valence-electron chi connectivity index (χ0n) is 12.2. The second-order valence-corrected chi connectivity index (χ2v) is 5.82. The molecule has 1 unspecified atom stereocenters. The number of carbonyl (C=O) groups excluding carboxylic acids is 1. The van der Waals surface area contributed by atoms with Crippen molar-refractivity contribution in [1.29, 1.82) is 5.26 Å². The topological polar surface area (TPSA) is 50.1 Å². The minimum atomic E-state index is -0.687. The highest BCUT2D eigenvalue weighted by atomic mass is 16.5. The van der Waals surface area contributed by atoms with Gasteiger partial charge in [-0.1, -0.05) is 38.3 Å². The third kappa shape index (κ3) is 2.85. The predicted octanol–water partition coefficient (Wildman–Crippen LogP) is 3.84. The third-order valence-corrected chi connectivity index (χ3v) is 4.37. The zero-order chi connectivity index (χ0) is 14.6. The minimum Gasteiger partial charge on any atom is -0.497 e. The average molecular weight is 271 g/mol. The molecule has 0 saturated heterocycles. The Morgan fingerprint density at radius 2 is 2.05 bits per heavy atom. The summed E-state index contributed by atoms with van der Waals surface area (Å²) in [4.78, 5) is 12.8. The van der Waals surface area contributed by atoms with E-state index in [9.17, 15) is 10.1 Å². The third-order valence-electron chi connectivity index (χ3n) is 4.37. The molecule has 1 saturated carbocycles. The minimum absolute atomic E-state index is 0.0629. The van der Waals surface area contributed by atoms with E-state index in [0.29, 0.717) is 5.75 Å². The molecule has 0 heterocycles. The van der Waals surface area contributed by atoms with Crippen LogP contribution in [-0.4, -0.2) is 12.9 Å². The summed E-state index contributed by atoms with van der Waals surface area (Å²) >= 11 is 0. The van der Waals surface area contributed by atoms with Gasteiger partial charge in [0.15, 0.2) is 5.78 Å². The van der Waals surface area contributed by atoms with E-state index in [1.165, 1.54) is 6.42 Å². The fourth-order valence-corrected chi connectivity index (χ4v) is 3.03. The van der Waals surface area contributed by atoms with Gasteiger partial charge in [0.2, 0.25) is 0 Å². The lowest BCUT2D eigenvalue weighted by atomic mass is 9.68. The van der Waals surface area contributed by atoms with Gasteiger partial charge in [-0.05, 0) is 30.5 Å². The van der Waals surface area contributed by atoms with Crippen molar-refractivity contribution in [3.05, 3.63) is 29.8 Å². The molecule has 0 bridgehead atoms. The van der Waals surface area contributed by atoms with Crippen LogP contribution in [0.3, 0.4) is 0 Å². The molecule has 0 aliphatic heterocycles. The van der Waals surface area contributed by atoms with Crippen molar-refractivity contribution in [2.75, 3.05) is 7.11 Å². The summed E-state index contributed by atoms with van der Waals surface area (Å²) in [6, 6.07) is 9.46. The molecule has 0 N–H and O–H groups in total. The van der Waals surface area contributed by atoms with Crippen LogP contribution in [0.15, 0.2) is 24.3 Å². The highest BCUT2D eigenvalue weighted by Gasteiger charge is 2.39. The standard InChI is InChI=1S/C17H21NO2/c1-17(9-4-3-5-10-17)16(19)15(12-18)13-7-6-8-14(11-13)20-2/h6-8,11,15H,3-5,9-10H2,1-2H3. The lowest BCUT2D eigenvalue weighted by Gasteiger charge is -2.33. The van der Waals surface area contributed by atoms with Crippen LogP contribution in [0.1, 0.15) is 50.5 Å². The molecule has 0 radical (unpaired) electrons. The number of hydrogen-bond acceptors (Lipinski definition) is 3. The van der Waals surface area contributed by atoms with Crippen molar-refractivity contribution < 1.29 is 9.53 Å². The first-order valence-electron chi connectivity index (χ1n) is 7.18. The van der Waals surface area contributed by atoms with E-state index in [2.05, 4.69) is 6.07 Å². The van der Waals surface area contributed by atoms with Gasteiger partial charge in [-0.15, -0.1) is 0 Å². The van der Waals surface area contributed by atoms with Crippen LogP contribution in [0, 0.1) is 16.7 Å². The highest BCUT2D eigenvalue weighted by molar-refractivity contribution is 5.93. The Bertz CT molecular complexity index is 524. The highest BCUT2D eigenvalue weighted by Crippen LogP contribution is 2.40. The first kappa shape index (κ1) is 14.6. The fourth-order valence-electron chi connectivity index (χ4n) is 3.03. The molecule has 3 heteroatoms. The van der Waals surface area contributed by atoms with E-state index in [-0.39, 0.29) is 11.2 Å². The fraction of sp³-hybridized carbons (Fsp3) is 0.529. The maximum Gasteiger partial charge on any atom is 0.160 e. The number of ketones is 1. The van der Waals surface area contributed by atoms with Gasteiger partial charge in [-0.25, -0.2) is 0 Å². The number of methoxy groups -OCH3 is 1. The van der Waals surface area contributed by atoms with Gasteiger partial charge in [-0.3, -0.25) is 4.79 Å². The predicted molar refractivity (Wildman–Crippen MR) is 77.5 cm³/mol. The Kier molecular flexibility index (Phi) is 4.44. The Hall–Kier alpha value is -1.82. The molecule has 0 amide bonds. The SMILES string of the molecule is COc1cccc(C(C#N)C(=O)C2(C)CCCCC2)c1. The maximum atomic E-state index is 12.8. The van der Waals surface area contributed by atoms with E-state index < -0.39 is 5.92 Å². The molecule has 1 fully saturated rings. The normalized spacial score (nSPS) is 18.9. The van der Waals surface area contributed by atoms with E-state index in [1.54, 1.807) is 13.2 Å². The van der Waals surface area contributed by atoms with E-state index in [0.717, 1.165) is 31.2 Å². The Morgan fingerprint density at radius 3 is 2.65 bits per heavy atom. The molecule has 1 aliphatic rings. The number of nitrogens with zero attached hydrogens (tertiary/aromatic N) is 1. The number of hydrogen-bond donors (Lipinski definition) is 0. The van der Waals surface area contributed by atoms with Crippen molar-refractivity contribution in [1.82, 2.24) is 0 Å².